The van der Waals surface area contributed by atoms with Gasteiger partial charge < -0.3 is 19.9 Å². The summed E-state index contributed by atoms with van der Waals surface area (Å²) in [7, 11) is 1.56. The number of nitrogens with zero attached hydrogens (tertiary/aromatic N) is 2. The van der Waals surface area contributed by atoms with Crippen molar-refractivity contribution in [1.82, 2.24) is 14.9 Å². The monoisotopic (exact) mass is 380 g/mol. The van der Waals surface area contributed by atoms with Crippen LogP contribution in [0.5, 0.6) is 5.75 Å². The van der Waals surface area contributed by atoms with Gasteiger partial charge in [0.1, 0.15) is 18.1 Å². The van der Waals surface area contributed by atoms with Gasteiger partial charge in [0.2, 0.25) is 11.8 Å². The standard InChI is InChI=1S/C21H24N4O3/c1-3-8-20(26)22-13-19-23-15-9-4-6-11-17(15)25(19)14-21(27)24-16-10-5-7-12-18(16)28-2/h4-7,9-12H,3,8,13-14H2,1-2H3,(H,22,26)(H,24,27). The van der Waals surface area contributed by atoms with Crippen molar-refractivity contribution in [3.8, 4) is 5.75 Å². The molecule has 0 saturated carbocycles. The molecule has 7 heteroatoms. The first-order chi connectivity index (χ1) is 13.6. The number of amides is 2. The molecule has 0 aliphatic carbocycles. The molecule has 0 saturated heterocycles. The van der Waals surface area contributed by atoms with E-state index in [2.05, 4.69) is 15.6 Å². The Morgan fingerprint density at radius 1 is 1.07 bits per heavy atom. The van der Waals surface area contributed by atoms with Gasteiger partial charge in [-0.15, -0.1) is 0 Å². The molecule has 7 nitrogen and oxygen atoms in total. The van der Waals surface area contributed by atoms with Crippen molar-refractivity contribution in [2.24, 2.45) is 0 Å². The SMILES string of the molecule is CCCC(=O)NCc1nc2ccccc2n1CC(=O)Nc1ccccc1OC. The number of hydrogen-bond acceptors (Lipinski definition) is 4. The topological polar surface area (TPSA) is 85.2 Å². The van der Waals surface area contributed by atoms with Crippen LogP contribution in [0.15, 0.2) is 48.5 Å². The summed E-state index contributed by atoms with van der Waals surface area (Å²) in [6, 6.07) is 14.9. The highest BCUT2D eigenvalue weighted by Gasteiger charge is 2.15. The molecular weight excluding hydrogens is 356 g/mol. The van der Waals surface area contributed by atoms with Crippen LogP contribution in [-0.4, -0.2) is 28.5 Å². The molecule has 0 radical (unpaired) electrons. The Morgan fingerprint density at radius 2 is 1.82 bits per heavy atom. The third-order valence-electron chi connectivity index (χ3n) is 4.34. The highest BCUT2D eigenvalue weighted by Crippen LogP contribution is 2.23. The van der Waals surface area contributed by atoms with E-state index in [4.69, 9.17) is 4.74 Å². The van der Waals surface area contributed by atoms with Crippen molar-refractivity contribution >= 4 is 28.5 Å². The summed E-state index contributed by atoms with van der Waals surface area (Å²) in [5, 5.41) is 5.75. The summed E-state index contributed by atoms with van der Waals surface area (Å²) in [5.74, 6) is 1.01. The number of rotatable bonds is 8. The van der Waals surface area contributed by atoms with Gasteiger partial charge >= 0.3 is 0 Å². The van der Waals surface area contributed by atoms with Gasteiger partial charge in [0.05, 0.1) is 30.4 Å². The molecule has 0 aliphatic rings. The molecule has 146 valence electrons. The van der Waals surface area contributed by atoms with Crippen LogP contribution in [-0.2, 0) is 22.7 Å². The number of para-hydroxylation sites is 4. The lowest BCUT2D eigenvalue weighted by molar-refractivity contribution is -0.121. The molecule has 3 aromatic rings. The average molecular weight is 380 g/mol. The highest BCUT2D eigenvalue weighted by atomic mass is 16.5. The zero-order valence-corrected chi connectivity index (χ0v) is 16.1. The molecule has 0 aliphatic heterocycles. The van der Waals surface area contributed by atoms with Crippen molar-refractivity contribution in [3.05, 3.63) is 54.4 Å². The van der Waals surface area contributed by atoms with E-state index in [0.29, 0.717) is 23.7 Å². The average Bonchev–Trinajstić information content (AvgIpc) is 3.04. The van der Waals surface area contributed by atoms with Crippen LogP contribution in [0.1, 0.15) is 25.6 Å². The van der Waals surface area contributed by atoms with Gasteiger partial charge in [-0.2, -0.15) is 0 Å². The molecule has 0 unspecified atom stereocenters. The van der Waals surface area contributed by atoms with Crippen LogP contribution >= 0.6 is 0 Å². The van der Waals surface area contributed by atoms with E-state index in [0.717, 1.165) is 17.5 Å². The fraction of sp³-hybridized carbons (Fsp3) is 0.286. The second-order valence-electron chi connectivity index (χ2n) is 6.38. The first-order valence-corrected chi connectivity index (χ1v) is 9.26. The molecule has 2 amide bonds. The third-order valence-corrected chi connectivity index (χ3v) is 4.34. The molecule has 1 aromatic heterocycles. The second kappa shape index (κ2) is 9.03. The molecule has 0 bridgehead atoms. The lowest BCUT2D eigenvalue weighted by atomic mass is 10.3. The van der Waals surface area contributed by atoms with Crippen molar-refractivity contribution in [2.45, 2.75) is 32.9 Å². The number of fused-ring (bicyclic) bond motifs is 1. The van der Waals surface area contributed by atoms with E-state index in [1.165, 1.54) is 0 Å². The van der Waals surface area contributed by atoms with E-state index >= 15 is 0 Å². The molecular formula is C21H24N4O3. The number of anilines is 1. The van der Waals surface area contributed by atoms with Gasteiger partial charge in [0, 0.05) is 6.42 Å². The Balaban J connectivity index is 1.81. The fourth-order valence-electron chi connectivity index (χ4n) is 3.01. The van der Waals surface area contributed by atoms with E-state index in [9.17, 15) is 9.59 Å². The largest absolute Gasteiger partial charge is 0.495 e. The van der Waals surface area contributed by atoms with Gasteiger partial charge in [-0.1, -0.05) is 31.2 Å². The van der Waals surface area contributed by atoms with E-state index in [1.54, 1.807) is 19.2 Å². The lowest BCUT2D eigenvalue weighted by Gasteiger charge is -2.12. The van der Waals surface area contributed by atoms with Gasteiger partial charge in [-0.3, -0.25) is 9.59 Å². The zero-order valence-electron chi connectivity index (χ0n) is 16.1. The van der Waals surface area contributed by atoms with Crippen molar-refractivity contribution in [1.29, 1.82) is 0 Å². The molecule has 0 fully saturated rings. The molecule has 2 N–H and O–H groups in total. The molecule has 1 heterocycles. The van der Waals surface area contributed by atoms with Gasteiger partial charge in [0.15, 0.2) is 0 Å². The Kier molecular flexibility index (Phi) is 6.26. The number of nitrogens with one attached hydrogen (secondary N) is 2. The second-order valence-corrected chi connectivity index (χ2v) is 6.38. The van der Waals surface area contributed by atoms with E-state index < -0.39 is 0 Å². The van der Waals surface area contributed by atoms with Gasteiger partial charge in [0.25, 0.3) is 0 Å². The number of imidazole rings is 1. The molecule has 28 heavy (non-hydrogen) atoms. The van der Waals surface area contributed by atoms with Crippen LogP contribution in [0, 0.1) is 0 Å². The number of methoxy groups -OCH3 is 1. The minimum absolute atomic E-state index is 0.0282. The van der Waals surface area contributed by atoms with E-state index in [1.807, 2.05) is 47.9 Å². The van der Waals surface area contributed by atoms with Crippen LogP contribution in [0.25, 0.3) is 11.0 Å². The number of carbonyl (C=O) groups excluding carboxylic acids is 2. The first kappa shape index (κ1) is 19.4. The molecule has 3 rings (SSSR count). The van der Waals surface area contributed by atoms with Crippen molar-refractivity contribution < 1.29 is 14.3 Å². The molecule has 2 aromatic carbocycles. The summed E-state index contributed by atoms with van der Waals surface area (Å²) in [6.45, 7) is 2.31. The van der Waals surface area contributed by atoms with Crippen LogP contribution < -0.4 is 15.4 Å². The zero-order chi connectivity index (χ0) is 19.9. The quantitative estimate of drug-likeness (QED) is 0.629. The minimum atomic E-state index is -0.200. The maximum atomic E-state index is 12.7. The lowest BCUT2D eigenvalue weighted by Crippen LogP contribution is -2.26. The Morgan fingerprint density at radius 3 is 2.61 bits per heavy atom. The number of carbonyl (C=O) groups is 2. The van der Waals surface area contributed by atoms with Crippen molar-refractivity contribution in [2.75, 3.05) is 12.4 Å². The summed E-state index contributed by atoms with van der Waals surface area (Å²) < 4.78 is 7.11. The highest BCUT2D eigenvalue weighted by molar-refractivity contribution is 5.93. The summed E-state index contributed by atoms with van der Waals surface area (Å²) >= 11 is 0. The van der Waals surface area contributed by atoms with Gasteiger partial charge in [-0.05, 0) is 30.7 Å². The van der Waals surface area contributed by atoms with Crippen LogP contribution in [0.2, 0.25) is 0 Å². The fourth-order valence-corrected chi connectivity index (χ4v) is 3.01. The van der Waals surface area contributed by atoms with Gasteiger partial charge in [-0.25, -0.2) is 4.98 Å². The summed E-state index contributed by atoms with van der Waals surface area (Å²) in [4.78, 5) is 29.1. The summed E-state index contributed by atoms with van der Waals surface area (Å²) in [6.07, 6.45) is 1.25. The Bertz CT molecular complexity index is 981. The minimum Gasteiger partial charge on any atom is -0.495 e. The number of hydrogen-bond donors (Lipinski definition) is 2. The summed E-state index contributed by atoms with van der Waals surface area (Å²) in [5.41, 5.74) is 2.24. The molecule has 0 atom stereocenters. The smallest absolute Gasteiger partial charge is 0.244 e. The number of benzene rings is 2. The van der Waals surface area contributed by atoms with Crippen LogP contribution in [0.4, 0.5) is 5.69 Å². The predicted octanol–water partition coefficient (Wildman–Crippen LogP) is 3.10. The van der Waals surface area contributed by atoms with Crippen molar-refractivity contribution in [3.63, 3.8) is 0 Å². The maximum absolute atomic E-state index is 12.7. The normalized spacial score (nSPS) is 10.6. The number of ether oxygens (including phenoxy) is 1. The maximum Gasteiger partial charge on any atom is 0.244 e. The number of aromatic nitrogens is 2. The third kappa shape index (κ3) is 4.49. The Labute approximate surface area is 163 Å². The van der Waals surface area contributed by atoms with Crippen LogP contribution in [0.3, 0.4) is 0 Å². The first-order valence-electron chi connectivity index (χ1n) is 9.26. The van der Waals surface area contributed by atoms with E-state index in [-0.39, 0.29) is 24.9 Å². The predicted molar refractivity (Wildman–Crippen MR) is 108 cm³/mol. The Hall–Kier alpha value is -3.35. The molecule has 0 spiro atoms.